The minimum absolute atomic E-state index is 0.179. The first kappa shape index (κ1) is 12.9. The van der Waals surface area contributed by atoms with E-state index in [0.717, 1.165) is 12.0 Å². The first-order valence-corrected chi connectivity index (χ1v) is 6.97. The molecule has 0 bridgehead atoms. The SMILES string of the molecule is O=C(S)c1ccccc1Cc1ccc2ccccc2c1. The summed E-state index contributed by atoms with van der Waals surface area (Å²) in [6.45, 7) is 0. The zero-order valence-corrected chi connectivity index (χ0v) is 11.8. The molecule has 0 unspecified atom stereocenters. The van der Waals surface area contributed by atoms with Gasteiger partial charge in [-0.05, 0) is 28.3 Å². The topological polar surface area (TPSA) is 17.1 Å². The van der Waals surface area contributed by atoms with E-state index in [0.29, 0.717) is 5.56 Å². The van der Waals surface area contributed by atoms with Crippen molar-refractivity contribution in [2.24, 2.45) is 0 Å². The van der Waals surface area contributed by atoms with Crippen LogP contribution in [0.3, 0.4) is 0 Å². The van der Waals surface area contributed by atoms with Gasteiger partial charge in [-0.25, -0.2) is 0 Å². The molecule has 0 amide bonds. The maximum atomic E-state index is 11.5. The van der Waals surface area contributed by atoms with Crippen LogP contribution < -0.4 is 0 Å². The molecule has 0 N–H and O–H groups in total. The molecule has 1 nitrogen and oxygen atoms in total. The summed E-state index contributed by atoms with van der Waals surface area (Å²) < 4.78 is 0. The van der Waals surface area contributed by atoms with Crippen molar-refractivity contribution in [3.8, 4) is 0 Å². The van der Waals surface area contributed by atoms with Crippen LogP contribution in [-0.2, 0) is 6.42 Å². The van der Waals surface area contributed by atoms with Crippen LogP contribution in [0.4, 0.5) is 0 Å². The van der Waals surface area contributed by atoms with E-state index in [1.807, 2.05) is 36.4 Å². The highest BCUT2D eigenvalue weighted by molar-refractivity contribution is 7.97. The molecule has 0 spiro atoms. The van der Waals surface area contributed by atoms with Crippen LogP contribution >= 0.6 is 12.6 Å². The third kappa shape index (κ3) is 2.61. The molecule has 0 aliphatic heterocycles. The molecule has 0 radical (unpaired) electrons. The van der Waals surface area contributed by atoms with Gasteiger partial charge < -0.3 is 0 Å². The number of carbonyl (C=O) groups is 1. The molecule has 0 aromatic heterocycles. The van der Waals surface area contributed by atoms with Gasteiger partial charge in [0.15, 0.2) is 0 Å². The van der Waals surface area contributed by atoms with Crippen LogP contribution in [0.15, 0.2) is 66.7 Å². The third-order valence-corrected chi connectivity index (χ3v) is 3.70. The number of carbonyl (C=O) groups excluding carboxylic acids is 1. The fraction of sp³-hybridized carbons (Fsp3) is 0.0556. The summed E-state index contributed by atoms with van der Waals surface area (Å²) >= 11 is 3.94. The van der Waals surface area contributed by atoms with Gasteiger partial charge in [0.2, 0.25) is 5.12 Å². The lowest BCUT2D eigenvalue weighted by molar-refractivity contribution is 0.109. The standard InChI is InChI=1S/C18H14OS/c19-18(20)17-8-4-3-7-16(17)12-13-9-10-14-5-1-2-6-15(14)11-13/h1-11H,12H2,(H,19,20). The first-order valence-electron chi connectivity index (χ1n) is 6.53. The molecule has 0 aliphatic rings. The Labute approximate surface area is 123 Å². The lowest BCUT2D eigenvalue weighted by Gasteiger charge is -2.07. The maximum absolute atomic E-state index is 11.5. The van der Waals surface area contributed by atoms with E-state index in [1.165, 1.54) is 16.3 Å². The van der Waals surface area contributed by atoms with Crippen molar-refractivity contribution < 1.29 is 4.79 Å². The molecular formula is C18H14OS. The minimum atomic E-state index is -0.179. The van der Waals surface area contributed by atoms with Gasteiger partial charge in [-0.3, -0.25) is 4.79 Å². The van der Waals surface area contributed by atoms with Gasteiger partial charge in [0.1, 0.15) is 0 Å². The van der Waals surface area contributed by atoms with E-state index in [1.54, 1.807) is 0 Å². The number of benzene rings is 3. The molecule has 3 aromatic rings. The average molecular weight is 278 g/mol. The Balaban J connectivity index is 1.99. The van der Waals surface area contributed by atoms with Gasteiger partial charge in [-0.15, -0.1) is 12.6 Å². The summed E-state index contributed by atoms with van der Waals surface area (Å²) in [4.78, 5) is 11.5. The predicted molar refractivity (Wildman–Crippen MR) is 86.5 cm³/mol. The van der Waals surface area contributed by atoms with Crippen molar-refractivity contribution in [1.82, 2.24) is 0 Å². The monoisotopic (exact) mass is 278 g/mol. The highest BCUT2D eigenvalue weighted by atomic mass is 32.1. The molecule has 20 heavy (non-hydrogen) atoms. The Hall–Kier alpha value is -2.06. The molecular weight excluding hydrogens is 264 g/mol. The summed E-state index contributed by atoms with van der Waals surface area (Å²) in [6.07, 6.45) is 0.743. The van der Waals surface area contributed by atoms with Crippen LogP contribution in [0.5, 0.6) is 0 Å². The molecule has 0 atom stereocenters. The van der Waals surface area contributed by atoms with Crippen LogP contribution in [0.2, 0.25) is 0 Å². The van der Waals surface area contributed by atoms with Crippen LogP contribution in [0, 0.1) is 0 Å². The van der Waals surface area contributed by atoms with Crippen molar-refractivity contribution in [2.45, 2.75) is 6.42 Å². The zero-order valence-electron chi connectivity index (χ0n) is 10.9. The Morgan fingerprint density at radius 3 is 2.35 bits per heavy atom. The van der Waals surface area contributed by atoms with Crippen molar-refractivity contribution in [3.05, 3.63) is 83.4 Å². The second kappa shape index (κ2) is 5.51. The lowest BCUT2D eigenvalue weighted by atomic mass is 9.98. The molecule has 3 aromatic carbocycles. The van der Waals surface area contributed by atoms with E-state index < -0.39 is 0 Å². The Morgan fingerprint density at radius 2 is 1.55 bits per heavy atom. The molecule has 0 heterocycles. The molecule has 3 rings (SSSR count). The van der Waals surface area contributed by atoms with E-state index in [-0.39, 0.29) is 5.12 Å². The molecule has 2 heteroatoms. The van der Waals surface area contributed by atoms with Gasteiger partial charge in [0, 0.05) is 5.56 Å². The predicted octanol–water partition coefficient (Wildman–Crippen LogP) is 4.50. The highest BCUT2D eigenvalue weighted by Gasteiger charge is 2.07. The second-order valence-corrected chi connectivity index (χ2v) is 5.23. The lowest BCUT2D eigenvalue weighted by Crippen LogP contribution is -1.98. The largest absolute Gasteiger partial charge is 0.282 e. The van der Waals surface area contributed by atoms with Crippen LogP contribution in [0.1, 0.15) is 21.5 Å². The second-order valence-electron chi connectivity index (χ2n) is 4.82. The fourth-order valence-corrected chi connectivity index (χ4v) is 2.67. The quantitative estimate of drug-likeness (QED) is 0.698. The van der Waals surface area contributed by atoms with Crippen molar-refractivity contribution in [1.29, 1.82) is 0 Å². The number of thiol groups is 1. The van der Waals surface area contributed by atoms with E-state index in [9.17, 15) is 4.79 Å². The van der Waals surface area contributed by atoms with Crippen LogP contribution in [-0.4, -0.2) is 5.12 Å². The summed E-state index contributed by atoms with van der Waals surface area (Å²) in [5.74, 6) is 0. The average Bonchev–Trinajstić information content (AvgIpc) is 2.47. The Kier molecular flexibility index (Phi) is 3.57. The van der Waals surface area contributed by atoms with Crippen molar-refractivity contribution in [3.63, 3.8) is 0 Å². The maximum Gasteiger partial charge on any atom is 0.216 e. The summed E-state index contributed by atoms with van der Waals surface area (Å²) in [5.41, 5.74) is 2.90. The third-order valence-electron chi connectivity index (χ3n) is 3.46. The molecule has 98 valence electrons. The van der Waals surface area contributed by atoms with Crippen molar-refractivity contribution >= 4 is 28.5 Å². The molecule has 0 fully saturated rings. The van der Waals surface area contributed by atoms with Gasteiger partial charge in [0.05, 0.1) is 0 Å². The number of rotatable bonds is 3. The fourth-order valence-electron chi connectivity index (χ4n) is 2.45. The van der Waals surface area contributed by atoms with Gasteiger partial charge in [-0.1, -0.05) is 66.7 Å². The first-order chi connectivity index (χ1) is 9.74. The smallest absolute Gasteiger partial charge is 0.216 e. The summed E-state index contributed by atoms with van der Waals surface area (Å²) in [5, 5.41) is 2.27. The normalized spacial score (nSPS) is 10.7. The van der Waals surface area contributed by atoms with Crippen LogP contribution in [0.25, 0.3) is 10.8 Å². The minimum Gasteiger partial charge on any atom is -0.282 e. The van der Waals surface area contributed by atoms with E-state index in [4.69, 9.17) is 0 Å². The number of hydrogen-bond acceptors (Lipinski definition) is 1. The Morgan fingerprint density at radius 1 is 0.850 bits per heavy atom. The summed E-state index contributed by atoms with van der Waals surface area (Å²) in [6, 6.07) is 22.3. The van der Waals surface area contributed by atoms with Gasteiger partial charge in [-0.2, -0.15) is 0 Å². The van der Waals surface area contributed by atoms with E-state index in [2.05, 4.69) is 43.0 Å². The van der Waals surface area contributed by atoms with Crippen molar-refractivity contribution in [2.75, 3.05) is 0 Å². The zero-order chi connectivity index (χ0) is 13.9. The highest BCUT2D eigenvalue weighted by Crippen LogP contribution is 2.20. The molecule has 0 saturated carbocycles. The molecule has 0 aliphatic carbocycles. The number of fused-ring (bicyclic) bond motifs is 1. The van der Waals surface area contributed by atoms with Gasteiger partial charge in [0.25, 0.3) is 0 Å². The summed E-state index contributed by atoms with van der Waals surface area (Å²) in [7, 11) is 0. The van der Waals surface area contributed by atoms with Gasteiger partial charge >= 0.3 is 0 Å². The molecule has 0 saturated heterocycles. The Bertz CT molecular complexity index is 777. The van der Waals surface area contributed by atoms with E-state index >= 15 is 0 Å². The number of hydrogen-bond donors (Lipinski definition) is 1.